The maximum atomic E-state index is 9.09. The molecule has 4 heteroatoms. The fourth-order valence-corrected chi connectivity index (χ4v) is 1.91. The molecule has 2 aromatic carbocycles. The Bertz CT molecular complexity index is 620. The number of para-hydroxylation sites is 1. The number of nitriles is 1. The van der Waals surface area contributed by atoms with Gasteiger partial charge in [-0.25, -0.2) is 0 Å². The van der Waals surface area contributed by atoms with E-state index in [0.29, 0.717) is 22.9 Å². The van der Waals surface area contributed by atoms with Crippen LogP contribution in [0.2, 0.25) is 5.02 Å². The monoisotopic (exact) mass is 272 g/mol. The smallest absolute Gasteiger partial charge is 0.145 e. The van der Waals surface area contributed by atoms with Crippen LogP contribution >= 0.6 is 11.6 Å². The first-order chi connectivity index (χ1) is 9.24. The Labute approximate surface area is 117 Å². The normalized spacial score (nSPS) is 9.95. The van der Waals surface area contributed by atoms with Crippen molar-refractivity contribution < 1.29 is 4.74 Å². The van der Waals surface area contributed by atoms with E-state index in [9.17, 15) is 0 Å². The van der Waals surface area contributed by atoms with Gasteiger partial charge in [-0.3, -0.25) is 0 Å². The quantitative estimate of drug-likeness (QED) is 0.922. The minimum atomic E-state index is 0.423. The third-order valence-corrected chi connectivity index (χ3v) is 2.86. The number of ether oxygens (including phenoxy) is 1. The van der Waals surface area contributed by atoms with E-state index in [-0.39, 0.29) is 0 Å². The molecule has 0 unspecified atom stereocenters. The Kier molecular flexibility index (Phi) is 4.40. The second-order valence-corrected chi connectivity index (χ2v) is 4.43. The molecule has 0 aliphatic heterocycles. The Morgan fingerprint density at radius 2 is 2.00 bits per heavy atom. The highest BCUT2D eigenvalue weighted by Gasteiger charge is 2.08. The highest BCUT2D eigenvalue weighted by Crippen LogP contribution is 2.29. The summed E-state index contributed by atoms with van der Waals surface area (Å²) >= 11 is 5.86. The lowest BCUT2D eigenvalue weighted by molar-refractivity contribution is 0.473. The zero-order chi connectivity index (χ0) is 13.7. The van der Waals surface area contributed by atoms with Crippen molar-refractivity contribution in [2.24, 2.45) is 0 Å². The van der Waals surface area contributed by atoms with E-state index < -0.39 is 0 Å². The summed E-state index contributed by atoms with van der Waals surface area (Å²) in [6.45, 7) is 0.700. The average molecular weight is 273 g/mol. The van der Waals surface area contributed by atoms with E-state index in [0.717, 1.165) is 11.3 Å². The lowest BCUT2D eigenvalue weighted by Crippen LogP contribution is -2.06. The van der Waals surface area contributed by atoms with Crippen LogP contribution in [0.25, 0.3) is 0 Å². The first-order valence-electron chi connectivity index (χ1n) is 5.84. The maximum Gasteiger partial charge on any atom is 0.145 e. The molecule has 3 nitrogen and oxygen atoms in total. The van der Waals surface area contributed by atoms with Crippen molar-refractivity contribution >= 4 is 11.6 Å². The van der Waals surface area contributed by atoms with Gasteiger partial charge in [-0.05, 0) is 31.3 Å². The van der Waals surface area contributed by atoms with Gasteiger partial charge in [0.25, 0.3) is 0 Å². The number of nitrogens with one attached hydrogen (secondary N) is 1. The molecule has 0 atom stereocenters. The molecule has 0 amide bonds. The summed E-state index contributed by atoms with van der Waals surface area (Å²) in [5, 5.41) is 12.7. The molecule has 0 heterocycles. The number of hydrogen-bond acceptors (Lipinski definition) is 3. The number of benzene rings is 2. The molecule has 0 aliphatic rings. The topological polar surface area (TPSA) is 45.0 Å². The van der Waals surface area contributed by atoms with E-state index in [1.807, 2.05) is 31.3 Å². The van der Waals surface area contributed by atoms with Crippen molar-refractivity contribution in [3.63, 3.8) is 0 Å². The maximum absolute atomic E-state index is 9.09. The predicted octanol–water partition coefficient (Wildman–Crippen LogP) is 3.72. The average Bonchev–Trinajstić information content (AvgIpc) is 2.43. The molecule has 19 heavy (non-hydrogen) atoms. The summed E-state index contributed by atoms with van der Waals surface area (Å²) in [4.78, 5) is 0. The lowest BCUT2D eigenvalue weighted by atomic mass is 10.2. The highest BCUT2D eigenvalue weighted by atomic mass is 35.5. The number of halogens is 1. The summed E-state index contributed by atoms with van der Waals surface area (Å²) in [7, 11) is 1.87. The summed E-state index contributed by atoms with van der Waals surface area (Å²) in [6.07, 6.45) is 0. The second-order valence-electron chi connectivity index (χ2n) is 3.99. The largest absolute Gasteiger partial charge is 0.456 e. The molecule has 1 N–H and O–H groups in total. The van der Waals surface area contributed by atoms with E-state index in [4.69, 9.17) is 21.6 Å². The van der Waals surface area contributed by atoms with Crippen molar-refractivity contribution in [2.45, 2.75) is 6.54 Å². The number of hydrogen-bond donors (Lipinski definition) is 1. The summed E-state index contributed by atoms with van der Waals surface area (Å²) in [6, 6.07) is 14.8. The molecule has 96 valence electrons. The van der Waals surface area contributed by atoms with Crippen LogP contribution in [-0.2, 0) is 6.54 Å². The van der Waals surface area contributed by atoms with Crippen LogP contribution in [0.4, 0.5) is 0 Å². The van der Waals surface area contributed by atoms with Gasteiger partial charge in [0.2, 0.25) is 0 Å². The van der Waals surface area contributed by atoms with Crippen molar-refractivity contribution in [1.29, 1.82) is 5.26 Å². The van der Waals surface area contributed by atoms with Gasteiger partial charge < -0.3 is 10.1 Å². The van der Waals surface area contributed by atoms with Crippen LogP contribution in [0.15, 0.2) is 42.5 Å². The zero-order valence-corrected chi connectivity index (χ0v) is 11.2. The van der Waals surface area contributed by atoms with Crippen LogP contribution in [0.3, 0.4) is 0 Å². The number of rotatable bonds is 4. The van der Waals surface area contributed by atoms with Crippen molar-refractivity contribution in [3.8, 4) is 17.6 Å². The molecule has 0 saturated heterocycles. The van der Waals surface area contributed by atoms with E-state index >= 15 is 0 Å². The molecule has 0 radical (unpaired) electrons. The lowest BCUT2D eigenvalue weighted by Gasteiger charge is -2.11. The van der Waals surface area contributed by atoms with Gasteiger partial charge in [-0.1, -0.05) is 29.8 Å². The molecule has 0 spiro atoms. The standard InChI is InChI=1S/C15H13ClN2O/c1-18-10-11-4-2-3-5-14(11)19-15-7-6-13(16)8-12(15)9-17/h2-8,18H,10H2,1H3. The van der Waals surface area contributed by atoms with Crippen LogP contribution < -0.4 is 10.1 Å². The first-order valence-corrected chi connectivity index (χ1v) is 6.22. The van der Waals surface area contributed by atoms with Crippen molar-refractivity contribution in [3.05, 3.63) is 58.6 Å². The van der Waals surface area contributed by atoms with Crippen LogP contribution in [0.5, 0.6) is 11.5 Å². The van der Waals surface area contributed by atoms with Gasteiger partial charge in [0, 0.05) is 17.1 Å². The molecule has 0 aliphatic carbocycles. The Hall–Kier alpha value is -2.02. The number of nitrogens with zero attached hydrogens (tertiary/aromatic N) is 1. The van der Waals surface area contributed by atoms with Gasteiger partial charge in [0.15, 0.2) is 0 Å². The van der Waals surface area contributed by atoms with Gasteiger partial charge in [-0.2, -0.15) is 5.26 Å². The van der Waals surface area contributed by atoms with Crippen LogP contribution in [-0.4, -0.2) is 7.05 Å². The van der Waals surface area contributed by atoms with Gasteiger partial charge in [-0.15, -0.1) is 0 Å². The molecule has 0 fully saturated rings. The second kappa shape index (κ2) is 6.24. The fourth-order valence-electron chi connectivity index (χ4n) is 1.74. The van der Waals surface area contributed by atoms with E-state index in [2.05, 4.69) is 11.4 Å². The van der Waals surface area contributed by atoms with Crippen molar-refractivity contribution in [1.82, 2.24) is 5.32 Å². The SMILES string of the molecule is CNCc1ccccc1Oc1ccc(Cl)cc1C#N. The minimum Gasteiger partial charge on any atom is -0.456 e. The molecular formula is C15H13ClN2O. The van der Waals surface area contributed by atoms with Crippen LogP contribution in [0, 0.1) is 11.3 Å². The Morgan fingerprint density at radius 1 is 1.21 bits per heavy atom. The summed E-state index contributed by atoms with van der Waals surface area (Å²) < 4.78 is 5.82. The molecular weight excluding hydrogens is 260 g/mol. The minimum absolute atomic E-state index is 0.423. The van der Waals surface area contributed by atoms with Gasteiger partial charge in [0.05, 0.1) is 5.56 Å². The molecule has 2 rings (SSSR count). The Balaban J connectivity index is 2.34. The van der Waals surface area contributed by atoms with Gasteiger partial charge in [0.1, 0.15) is 17.6 Å². The Morgan fingerprint density at radius 3 is 2.74 bits per heavy atom. The highest BCUT2D eigenvalue weighted by molar-refractivity contribution is 6.30. The fraction of sp³-hybridized carbons (Fsp3) is 0.133. The molecule has 0 saturated carbocycles. The summed E-state index contributed by atoms with van der Waals surface area (Å²) in [5.41, 5.74) is 1.45. The third kappa shape index (κ3) is 3.25. The molecule has 0 bridgehead atoms. The summed E-state index contributed by atoms with van der Waals surface area (Å²) in [5.74, 6) is 1.24. The van der Waals surface area contributed by atoms with Crippen LogP contribution in [0.1, 0.15) is 11.1 Å². The van der Waals surface area contributed by atoms with Crippen molar-refractivity contribution in [2.75, 3.05) is 7.05 Å². The molecule has 0 aromatic heterocycles. The third-order valence-electron chi connectivity index (χ3n) is 2.62. The first kappa shape index (κ1) is 13.4. The predicted molar refractivity (Wildman–Crippen MR) is 75.4 cm³/mol. The zero-order valence-electron chi connectivity index (χ0n) is 10.5. The molecule has 2 aromatic rings. The van der Waals surface area contributed by atoms with E-state index in [1.165, 1.54) is 0 Å². The van der Waals surface area contributed by atoms with Gasteiger partial charge >= 0.3 is 0 Å². The van der Waals surface area contributed by atoms with E-state index in [1.54, 1.807) is 18.2 Å².